The van der Waals surface area contributed by atoms with Gasteiger partial charge in [0.2, 0.25) is 0 Å². The average Bonchev–Trinajstić information content (AvgIpc) is 2.74. The predicted molar refractivity (Wildman–Crippen MR) is 137 cm³/mol. The summed E-state index contributed by atoms with van der Waals surface area (Å²) in [6.45, 7) is 1.75. The minimum Gasteiger partial charge on any atom is -0.493 e. The SMILES string of the molecule is CN=C(NCCCS(=O)(=O)Cc1ccccc1)Nc1cccc(OCCCOC)c1.I. The molecule has 7 nitrogen and oxygen atoms in total. The van der Waals surface area contributed by atoms with E-state index >= 15 is 0 Å². The van der Waals surface area contributed by atoms with Crippen molar-refractivity contribution in [1.82, 2.24) is 5.32 Å². The first-order chi connectivity index (χ1) is 14.5. The molecule has 0 heterocycles. The Hall–Kier alpha value is -1.85. The van der Waals surface area contributed by atoms with Crippen molar-refractivity contribution in [3.05, 3.63) is 60.2 Å². The summed E-state index contributed by atoms with van der Waals surface area (Å²) < 4.78 is 35.3. The molecule has 0 radical (unpaired) electrons. The van der Waals surface area contributed by atoms with E-state index in [1.165, 1.54) is 0 Å². The van der Waals surface area contributed by atoms with Gasteiger partial charge in [0.1, 0.15) is 5.75 Å². The molecule has 2 rings (SSSR count). The van der Waals surface area contributed by atoms with Crippen LogP contribution < -0.4 is 15.4 Å². The molecule has 0 saturated heterocycles. The Kier molecular flexibility index (Phi) is 13.2. The minimum absolute atomic E-state index is 0. The number of halogens is 1. The van der Waals surface area contributed by atoms with Gasteiger partial charge in [0.25, 0.3) is 0 Å². The van der Waals surface area contributed by atoms with Gasteiger partial charge >= 0.3 is 0 Å². The van der Waals surface area contributed by atoms with Crippen LogP contribution in [0.2, 0.25) is 0 Å². The molecule has 31 heavy (non-hydrogen) atoms. The van der Waals surface area contributed by atoms with Gasteiger partial charge in [-0.15, -0.1) is 24.0 Å². The fourth-order valence-corrected chi connectivity index (χ4v) is 4.20. The molecule has 0 saturated carbocycles. The number of ether oxygens (including phenoxy) is 2. The second kappa shape index (κ2) is 15.0. The van der Waals surface area contributed by atoms with Crippen LogP contribution in [0.1, 0.15) is 18.4 Å². The molecule has 9 heteroatoms. The summed E-state index contributed by atoms with van der Waals surface area (Å²) >= 11 is 0. The maximum Gasteiger partial charge on any atom is 0.195 e. The molecule has 0 aliphatic heterocycles. The number of methoxy groups -OCH3 is 1. The van der Waals surface area contributed by atoms with E-state index in [0.717, 1.165) is 23.4 Å². The number of guanidine groups is 1. The Labute approximate surface area is 202 Å². The highest BCUT2D eigenvalue weighted by Gasteiger charge is 2.11. The van der Waals surface area contributed by atoms with Gasteiger partial charge in [-0.1, -0.05) is 36.4 Å². The van der Waals surface area contributed by atoms with Crippen molar-refractivity contribution in [2.24, 2.45) is 4.99 Å². The maximum atomic E-state index is 12.3. The average molecular weight is 561 g/mol. The quantitative estimate of drug-likeness (QED) is 0.178. The molecular formula is C22H32IN3O4S. The third-order valence-corrected chi connectivity index (χ3v) is 5.92. The van der Waals surface area contributed by atoms with E-state index in [4.69, 9.17) is 9.47 Å². The Morgan fingerprint density at radius 2 is 1.81 bits per heavy atom. The van der Waals surface area contributed by atoms with Crippen molar-refractivity contribution >= 4 is 45.5 Å². The lowest BCUT2D eigenvalue weighted by atomic mass is 10.2. The fraction of sp³-hybridized carbons (Fsp3) is 0.409. The zero-order valence-electron chi connectivity index (χ0n) is 18.0. The van der Waals surface area contributed by atoms with Gasteiger partial charge in [0, 0.05) is 45.5 Å². The number of nitrogens with one attached hydrogen (secondary N) is 2. The molecule has 0 unspecified atom stereocenters. The molecular weight excluding hydrogens is 529 g/mol. The second-order valence-corrected chi connectivity index (χ2v) is 8.96. The van der Waals surface area contributed by atoms with E-state index < -0.39 is 9.84 Å². The molecule has 0 aliphatic carbocycles. The molecule has 2 N–H and O–H groups in total. The number of nitrogens with zero attached hydrogens (tertiary/aromatic N) is 1. The molecule has 0 bridgehead atoms. The zero-order valence-corrected chi connectivity index (χ0v) is 21.2. The van der Waals surface area contributed by atoms with Crippen LogP contribution in [0.4, 0.5) is 5.69 Å². The number of hydrogen-bond donors (Lipinski definition) is 2. The number of sulfone groups is 1. The van der Waals surface area contributed by atoms with Gasteiger partial charge in [-0.2, -0.15) is 0 Å². The summed E-state index contributed by atoms with van der Waals surface area (Å²) in [5.41, 5.74) is 1.65. The molecule has 0 aromatic heterocycles. The zero-order chi connectivity index (χ0) is 21.7. The lowest BCUT2D eigenvalue weighted by molar-refractivity contribution is 0.172. The number of rotatable bonds is 12. The number of hydrogen-bond acceptors (Lipinski definition) is 5. The fourth-order valence-electron chi connectivity index (χ4n) is 2.77. The van der Waals surface area contributed by atoms with E-state index in [2.05, 4.69) is 15.6 Å². The first-order valence-corrected chi connectivity index (χ1v) is 11.8. The summed E-state index contributed by atoms with van der Waals surface area (Å²) in [6.07, 6.45) is 1.32. The van der Waals surface area contributed by atoms with Crippen molar-refractivity contribution in [1.29, 1.82) is 0 Å². The number of anilines is 1. The summed E-state index contributed by atoms with van der Waals surface area (Å²) in [7, 11) is 0.199. The van der Waals surface area contributed by atoms with Crippen LogP contribution in [0, 0.1) is 0 Å². The van der Waals surface area contributed by atoms with E-state index in [1.54, 1.807) is 14.2 Å². The van der Waals surface area contributed by atoms with Gasteiger partial charge in [0.05, 0.1) is 18.1 Å². The molecule has 0 fully saturated rings. The lowest BCUT2D eigenvalue weighted by Crippen LogP contribution is -2.32. The highest BCUT2D eigenvalue weighted by atomic mass is 127. The van der Waals surface area contributed by atoms with Crippen molar-refractivity contribution in [2.45, 2.75) is 18.6 Å². The Morgan fingerprint density at radius 1 is 1.03 bits per heavy atom. The summed E-state index contributed by atoms with van der Waals surface area (Å²) in [6, 6.07) is 16.8. The molecule has 2 aromatic rings. The van der Waals surface area contributed by atoms with Crippen LogP contribution in [0.5, 0.6) is 5.75 Å². The van der Waals surface area contributed by atoms with Crippen LogP contribution in [-0.2, 0) is 20.3 Å². The van der Waals surface area contributed by atoms with Gasteiger partial charge in [-0.05, 0) is 24.1 Å². The monoisotopic (exact) mass is 561 g/mol. The highest BCUT2D eigenvalue weighted by molar-refractivity contribution is 14.0. The van der Waals surface area contributed by atoms with Crippen molar-refractivity contribution in [3.63, 3.8) is 0 Å². The first-order valence-electron chi connectivity index (χ1n) is 9.96. The van der Waals surface area contributed by atoms with E-state index in [1.807, 2.05) is 54.6 Å². The van der Waals surface area contributed by atoms with Gasteiger partial charge in [-0.3, -0.25) is 4.99 Å². The third kappa shape index (κ3) is 11.4. The first kappa shape index (κ1) is 27.2. The molecule has 0 aliphatic rings. The van der Waals surface area contributed by atoms with Crippen molar-refractivity contribution in [3.8, 4) is 5.75 Å². The van der Waals surface area contributed by atoms with E-state index in [-0.39, 0.29) is 35.5 Å². The maximum absolute atomic E-state index is 12.3. The van der Waals surface area contributed by atoms with Crippen LogP contribution in [0.25, 0.3) is 0 Å². The smallest absolute Gasteiger partial charge is 0.195 e. The largest absolute Gasteiger partial charge is 0.493 e. The Bertz CT molecular complexity index is 893. The molecule has 0 amide bonds. The lowest BCUT2D eigenvalue weighted by Gasteiger charge is -2.13. The molecule has 172 valence electrons. The number of benzene rings is 2. The predicted octanol–water partition coefficient (Wildman–Crippen LogP) is 3.71. The molecule has 2 aromatic carbocycles. The summed E-state index contributed by atoms with van der Waals surface area (Å²) in [5.74, 6) is 1.53. The Morgan fingerprint density at radius 3 is 2.52 bits per heavy atom. The topological polar surface area (TPSA) is 89.0 Å². The van der Waals surface area contributed by atoms with E-state index in [9.17, 15) is 8.42 Å². The highest BCUT2D eigenvalue weighted by Crippen LogP contribution is 2.17. The van der Waals surface area contributed by atoms with Crippen molar-refractivity contribution in [2.75, 3.05) is 45.0 Å². The second-order valence-electron chi connectivity index (χ2n) is 6.78. The molecule has 0 atom stereocenters. The minimum atomic E-state index is -3.14. The van der Waals surface area contributed by atoms with Gasteiger partial charge < -0.3 is 20.1 Å². The van der Waals surface area contributed by atoms with Crippen LogP contribution in [0.3, 0.4) is 0 Å². The molecule has 0 spiro atoms. The standard InChI is InChI=1S/C22H31N3O4S.HI/c1-23-22(25-20-11-6-12-21(17-20)29-15-8-14-28-2)24-13-7-16-30(26,27)18-19-9-4-3-5-10-19;/h3-6,9-12,17H,7-8,13-16,18H2,1-2H3,(H2,23,24,25);1H. The summed E-state index contributed by atoms with van der Waals surface area (Å²) in [5, 5.41) is 6.34. The van der Waals surface area contributed by atoms with Crippen molar-refractivity contribution < 1.29 is 17.9 Å². The van der Waals surface area contributed by atoms with Gasteiger partial charge in [0.15, 0.2) is 15.8 Å². The van der Waals surface area contributed by atoms with E-state index in [0.29, 0.717) is 32.1 Å². The van der Waals surface area contributed by atoms with Crippen LogP contribution in [-0.4, -0.2) is 54.0 Å². The number of aliphatic imine (C=N–C) groups is 1. The van der Waals surface area contributed by atoms with Gasteiger partial charge in [-0.25, -0.2) is 8.42 Å². The third-order valence-electron chi connectivity index (χ3n) is 4.24. The Balaban J connectivity index is 0.00000480. The van der Waals surface area contributed by atoms with Crippen LogP contribution in [0.15, 0.2) is 59.6 Å². The normalized spacial score (nSPS) is 11.5. The summed E-state index contributed by atoms with van der Waals surface area (Å²) in [4.78, 5) is 4.19. The van der Waals surface area contributed by atoms with Crippen LogP contribution >= 0.6 is 24.0 Å².